The summed E-state index contributed by atoms with van der Waals surface area (Å²) >= 11 is 0. The summed E-state index contributed by atoms with van der Waals surface area (Å²) in [4.78, 5) is 42.0. The first-order valence-corrected chi connectivity index (χ1v) is 16.3. The van der Waals surface area contributed by atoms with Gasteiger partial charge in [0.1, 0.15) is 11.2 Å². The Kier molecular flexibility index (Phi) is 4.32. The van der Waals surface area contributed by atoms with E-state index in [0.717, 1.165) is 106 Å². The SMILES string of the molecule is O=C1c2cc3c(cc2C2CCC1CC2)c1cc2oc4ccccc4c(=O)c2c2c4cc5c(cc4n3c12)C(=O)C1CCC5CC1. The van der Waals surface area contributed by atoms with Crippen LogP contribution in [-0.4, -0.2) is 16.0 Å². The summed E-state index contributed by atoms with van der Waals surface area (Å²) in [6, 6.07) is 18.3. The summed E-state index contributed by atoms with van der Waals surface area (Å²) in [6.45, 7) is 0. The fourth-order valence-corrected chi connectivity index (χ4v) is 9.89. The van der Waals surface area contributed by atoms with E-state index in [9.17, 15) is 14.4 Å². The van der Waals surface area contributed by atoms with Crippen LogP contribution < -0.4 is 5.43 Å². The molecule has 4 bridgehead atoms. The van der Waals surface area contributed by atoms with Crippen LogP contribution in [0.3, 0.4) is 0 Å². The first-order chi connectivity index (χ1) is 21.5. The summed E-state index contributed by atoms with van der Waals surface area (Å²) < 4.78 is 8.77. The maximum atomic E-state index is 14.3. The predicted octanol–water partition coefficient (Wildman–Crippen LogP) is 9.04. The van der Waals surface area contributed by atoms with E-state index in [2.05, 4.69) is 28.7 Å². The highest BCUT2D eigenvalue weighted by atomic mass is 16.3. The zero-order valence-corrected chi connectivity index (χ0v) is 24.2. The Morgan fingerprint density at radius 1 is 0.545 bits per heavy atom. The summed E-state index contributed by atoms with van der Waals surface area (Å²) in [7, 11) is 0. The van der Waals surface area contributed by atoms with E-state index in [0.29, 0.717) is 33.8 Å². The average Bonchev–Trinajstić information content (AvgIpc) is 3.37. The van der Waals surface area contributed by atoms with Gasteiger partial charge < -0.3 is 8.82 Å². The molecule has 4 aromatic carbocycles. The first kappa shape index (κ1) is 23.9. The van der Waals surface area contributed by atoms with Crippen LogP contribution in [0.25, 0.3) is 60.0 Å². The van der Waals surface area contributed by atoms with Gasteiger partial charge >= 0.3 is 0 Å². The number of para-hydroxylation sites is 1. The van der Waals surface area contributed by atoms with Crippen LogP contribution in [0, 0.1) is 11.8 Å². The zero-order valence-electron chi connectivity index (χ0n) is 24.2. The normalized spacial score (nSPS) is 24.7. The fraction of sp³-hybridized carbons (Fsp3) is 0.308. The number of aromatic nitrogens is 1. The molecule has 6 aliphatic carbocycles. The van der Waals surface area contributed by atoms with E-state index in [1.807, 2.05) is 30.3 Å². The molecule has 13 rings (SSSR count). The molecular formula is C39H29NO4. The monoisotopic (exact) mass is 575 g/mol. The molecule has 0 radical (unpaired) electrons. The molecule has 0 amide bonds. The number of rotatable bonds is 0. The number of hydrogen-bond donors (Lipinski definition) is 0. The number of ketones is 2. The Morgan fingerprint density at radius 2 is 1.11 bits per heavy atom. The van der Waals surface area contributed by atoms with Crippen molar-refractivity contribution < 1.29 is 14.0 Å². The van der Waals surface area contributed by atoms with Gasteiger partial charge in [0.25, 0.3) is 0 Å². The van der Waals surface area contributed by atoms with E-state index in [4.69, 9.17) is 4.42 Å². The van der Waals surface area contributed by atoms with E-state index in [-0.39, 0.29) is 28.8 Å². The molecule has 0 unspecified atom stereocenters. The molecule has 3 aromatic heterocycles. The van der Waals surface area contributed by atoms with Crippen molar-refractivity contribution in [1.29, 1.82) is 0 Å². The number of carbonyl (C=O) groups is 2. The van der Waals surface area contributed by atoms with Gasteiger partial charge in [-0.15, -0.1) is 0 Å². The Balaban J connectivity index is 1.38. The van der Waals surface area contributed by atoms with Crippen molar-refractivity contribution in [2.75, 3.05) is 0 Å². The number of Topliss-reactive ketones (excluding diaryl/α,β-unsaturated/α-hetero) is 2. The highest BCUT2D eigenvalue weighted by Gasteiger charge is 2.38. The number of hydrogen-bond acceptors (Lipinski definition) is 4. The van der Waals surface area contributed by atoms with Crippen molar-refractivity contribution in [2.24, 2.45) is 11.8 Å². The molecule has 5 heteroatoms. The van der Waals surface area contributed by atoms with Crippen LogP contribution in [0.15, 0.2) is 63.8 Å². The second-order valence-corrected chi connectivity index (χ2v) is 14.0. The molecule has 0 N–H and O–H groups in total. The molecule has 214 valence electrons. The summed E-state index contributed by atoms with van der Waals surface area (Å²) in [5.41, 5.74) is 8.08. The lowest BCUT2D eigenvalue weighted by molar-refractivity contribution is 0.0891. The number of fused-ring (bicyclic) bond motifs is 13. The minimum atomic E-state index is -0.0291. The van der Waals surface area contributed by atoms with Crippen LogP contribution >= 0.6 is 0 Å². The molecule has 0 spiro atoms. The van der Waals surface area contributed by atoms with Crippen LogP contribution in [0.4, 0.5) is 0 Å². The van der Waals surface area contributed by atoms with Gasteiger partial charge in [-0.1, -0.05) is 12.1 Å². The van der Waals surface area contributed by atoms with E-state index in [1.165, 1.54) is 5.56 Å². The van der Waals surface area contributed by atoms with Crippen LogP contribution in [0.2, 0.25) is 0 Å². The lowest BCUT2D eigenvalue weighted by atomic mass is 9.82. The standard InChI is InChI=1S/C39H29NO4/c41-37-20-9-5-18(6-10-20)23-13-25-26-17-33-35(39(43)22-3-1-2-4-32(22)44-33)34-29-14-24-19-7-11-21(12-8-19)38(42)28(24)16-31(29)40(36(26)34)30(25)15-27(23)37/h1-4,13-21H,5-12H2. The molecule has 6 aliphatic rings. The van der Waals surface area contributed by atoms with Gasteiger partial charge in [-0.3, -0.25) is 14.4 Å². The molecule has 3 heterocycles. The highest BCUT2D eigenvalue weighted by Crippen LogP contribution is 2.50. The first-order valence-electron chi connectivity index (χ1n) is 16.3. The number of nitrogens with zero attached hydrogens (tertiary/aromatic N) is 1. The van der Waals surface area contributed by atoms with Crippen LogP contribution in [-0.2, 0) is 0 Å². The molecule has 0 saturated heterocycles. The molecule has 0 atom stereocenters. The van der Waals surface area contributed by atoms with Crippen LogP contribution in [0.1, 0.15) is 95.0 Å². The Morgan fingerprint density at radius 3 is 1.77 bits per heavy atom. The quantitative estimate of drug-likeness (QED) is 0.169. The topological polar surface area (TPSA) is 68.8 Å². The molecular weight excluding hydrogens is 546 g/mol. The van der Waals surface area contributed by atoms with Crippen molar-refractivity contribution >= 4 is 71.6 Å². The van der Waals surface area contributed by atoms with Gasteiger partial charge in [-0.05, 0) is 117 Å². The molecule has 0 aliphatic heterocycles. The third-order valence-corrected chi connectivity index (χ3v) is 12.0. The maximum Gasteiger partial charge on any atom is 0.201 e. The number of carbonyl (C=O) groups excluding carboxylic acids is 2. The Hall–Kier alpha value is -4.51. The average molecular weight is 576 g/mol. The fourth-order valence-electron chi connectivity index (χ4n) is 9.89. The van der Waals surface area contributed by atoms with E-state index < -0.39 is 0 Å². The van der Waals surface area contributed by atoms with Gasteiger partial charge in [0.2, 0.25) is 5.43 Å². The van der Waals surface area contributed by atoms with Crippen molar-refractivity contribution in [3.63, 3.8) is 0 Å². The van der Waals surface area contributed by atoms with Crippen LogP contribution in [0.5, 0.6) is 0 Å². The Labute approximate surface area is 251 Å². The second-order valence-electron chi connectivity index (χ2n) is 14.0. The number of benzene rings is 4. The van der Waals surface area contributed by atoms with Crippen molar-refractivity contribution in [1.82, 2.24) is 4.40 Å². The van der Waals surface area contributed by atoms with Crippen molar-refractivity contribution in [2.45, 2.75) is 63.2 Å². The highest BCUT2D eigenvalue weighted by molar-refractivity contribution is 6.32. The van der Waals surface area contributed by atoms with Crippen molar-refractivity contribution in [3.05, 3.63) is 87.1 Å². The van der Waals surface area contributed by atoms with Gasteiger partial charge in [-0.25, -0.2) is 0 Å². The molecule has 7 aromatic rings. The second kappa shape index (κ2) is 7.95. The molecule has 5 nitrogen and oxygen atoms in total. The lowest BCUT2D eigenvalue weighted by Gasteiger charge is -2.22. The lowest BCUT2D eigenvalue weighted by Crippen LogP contribution is -2.15. The van der Waals surface area contributed by atoms with Crippen molar-refractivity contribution in [3.8, 4) is 0 Å². The van der Waals surface area contributed by atoms with Gasteiger partial charge in [0.15, 0.2) is 11.6 Å². The van der Waals surface area contributed by atoms with Gasteiger partial charge in [0.05, 0.1) is 27.3 Å². The minimum absolute atomic E-state index is 0.0291. The third kappa shape index (κ3) is 2.76. The molecule has 2 saturated carbocycles. The maximum absolute atomic E-state index is 14.3. The van der Waals surface area contributed by atoms with Gasteiger partial charge in [-0.2, -0.15) is 0 Å². The zero-order chi connectivity index (χ0) is 29.0. The van der Waals surface area contributed by atoms with Gasteiger partial charge in [0, 0.05) is 44.5 Å². The summed E-state index contributed by atoms with van der Waals surface area (Å²) in [5.74, 6) is 1.51. The Bertz CT molecular complexity index is 2530. The summed E-state index contributed by atoms with van der Waals surface area (Å²) in [6.07, 6.45) is 8.02. The molecule has 44 heavy (non-hydrogen) atoms. The predicted molar refractivity (Wildman–Crippen MR) is 173 cm³/mol. The molecule has 2 fully saturated rings. The van der Waals surface area contributed by atoms with E-state index in [1.54, 1.807) is 0 Å². The third-order valence-electron chi connectivity index (χ3n) is 12.0. The largest absolute Gasteiger partial charge is 0.456 e. The summed E-state index contributed by atoms with van der Waals surface area (Å²) in [5, 5.41) is 5.19. The smallest absolute Gasteiger partial charge is 0.201 e. The van der Waals surface area contributed by atoms with E-state index >= 15 is 0 Å². The minimum Gasteiger partial charge on any atom is -0.456 e.